The van der Waals surface area contributed by atoms with Gasteiger partial charge in [0.1, 0.15) is 0 Å². The largest absolute Gasteiger partial charge is 0.378 e. The first kappa shape index (κ1) is 21.4. The summed E-state index contributed by atoms with van der Waals surface area (Å²) in [6.07, 6.45) is 0. The van der Waals surface area contributed by atoms with Crippen LogP contribution >= 0.6 is 0 Å². The standard InChI is InChI=1S/C22H30N4O2/c1-15-11-16(2)13-18(12-15)24-22(28)21(27)23-14-20(26(5)6)17-7-9-19(10-8-17)25(3)4/h7-13,20H,14H2,1-6H3,(H,23,27)(H,24,28)/t20-/m1/s1. The molecule has 0 spiro atoms. The maximum Gasteiger partial charge on any atom is 0.313 e. The van der Waals surface area contributed by atoms with Gasteiger partial charge >= 0.3 is 11.8 Å². The number of anilines is 2. The number of rotatable bonds is 6. The second-order valence-electron chi connectivity index (χ2n) is 7.51. The van der Waals surface area contributed by atoms with Crippen molar-refractivity contribution in [2.45, 2.75) is 19.9 Å². The molecule has 2 amide bonds. The van der Waals surface area contributed by atoms with Crippen molar-refractivity contribution < 1.29 is 9.59 Å². The lowest BCUT2D eigenvalue weighted by Gasteiger charge is -2.25. The number of nitrogens with zero attached hydrogens (tertiary/aromatic N) is 2. The maximum atomic E-state index is 12.3. The van der Waals surface area contributed by atoms with Gasteiger partial charge in [-0.1, -0.05) is 18.2 Å². The van der Waals surface area contributed by atoms with Gasteiger partial charge in [-0.05, 0) is 68.9 Å². The van der Waals surface area contributed by atoms with Crippen LogP contribution in [0, 0.1) is 13.8 Å². The van der Waals surface area contributed by atoms with Crippen molar-refractivity contribution in [3.63, 3.8) is 0 Å². The first-order valence-corrected chi connectivity index (χ1v) is 9.28. The number of hydrogen-bond donors (Lipinski definition) is 2. The second-order valence-corrected chi connectivity index (χ2v) is 7.51. The lowest BCUT2D eigenvalue weighted by molar-refractivity contribution is -0.136. The average molecular weight is 383 g/mol. The Kier molecular flexibility index (Phi) is 7.18. The lowest BCUT2D eigenvalue weighted by Crippen LogP contribution is -2.40. The summed E-state index contributed by atoms with van der Waals surface area (Å²) in [4.78, 5) is 28.6. The Morgan fingerprint density at radius 2 is 1.46 bits per heavy atom. The van der Waals surface area contributed by atoms with Crippen LogP contribution < -0.4 is 15.5 Å². The quantitative estimate of drug-likeness (QED) is 0.754. The molecule has 0 saturated carbocycles. The van der Waals surface area contributed by atoms with Gasteiger partial charge in [-0.3, -0.25) is 9.59 Å². The zero-order valence-corrected chi connectivity index (χ0v) is 17.5. The van der Waals surface area contributed by atoms with Crippen LogP contribution in [0.5, 0.6) is 0 Å². The predicted molar refractivity (Wildman–Crippen MR) is 115 cm³/mol. The van der Waals surface area contributed by atoms with E-state index in [-0.39, 0.29) is 6.04 Å². The SMILES string of the molecule is Cc1cc(C)cc(NC(=O)C(=O)NC[C@H](c2ccc(N(C)C)cc2)N(C)C)c1. The van der Waals surface area contributed by atoms with Gasteiger partial charge in [0, 0.05) is 32.0 Å². The fourth-order valence-corrected chi connectivity index (χ4v) is 3.10. The molecule has 150 valence electrons. The Hall–Kier alpha value is -2.86. The van der Waals surface area contributed by atoms with Crippen LogP contribution in [-0.2, 0) is 9.59 Å². The number of benzene rings is 2. The van der Waals surface area contributed by atoms with Crippen LogP contribution in [0.2, 0.25) is 0 Å². The van der Waals surface area contributed by atoms with E-state index in [0.29, 0.717) is 12.2 Å². The predicted octanol–water partition coefficient (Wildman–Crippen LogP) is 2.73. The summed E-state index contributed by atoms with van der Waals surface area (Å²) in [6, 6.07) is 13.8. The molecule has 6 nitrogen and oxygen atoms in total. The molecule has 0 unspecified atom stereocenters. The summed E-state index contributed by atoms with van der Waals surface area (Å²) < 4.78 is 0. The van der Waals surface area contributed by atoms with Gasteiger partial charge in [-0.25, -0.2) is 0 Å². The molecule has 2 aromatic rings. The Morgan fingerprint density at radius 1 is 0.893 bits per heavy atom. The van der Waals surface area contributed by atoms with E-state index in [2.05, 4.69) is 10.6 Å². The van der Waals surface area contributed by atoms with Crippen molar-refractivity contribution in [3.8, 4) is 0 Å². The number of amides is 2. The topological polar surface area (TPSA) is 64.7 Å². The highest BCUT2D eigenvalue weighted by molar-refractivity contribution is 6.39. The van der Waals surface area contributed by atoms with Gasteiger partial charge in [0.2, 0.25) is 0 Å². The Morgan fingerprint density at radius 3 is 1.96 bits per heavy atom. The first-order chi connectivity index (χ1) is 13.2. The van der Waals surface area contributed by atoms with Crippen molar-refractivity contribution >= 4 is 23.2 Å². The van der Waals surface area contributed by atoms with Crippen molar-refractivity contribution in [1.82, 2.24) is 10.2 Å². The molecule has 0 aliphatic heterocycles. The monoisotopic (exact) mass is 382 g/mol. The highest BCUT2D eigenvalue weighted by Crippen LogP contribution is 2.21. The highest BCUT2D eigenvalue weighted by atomic mass is 16.2. The van der Waals surface area contributed by atoms with Crippen LogP contribution in [0.3, 0.4) is 0 Å². The van der Waals surface area contributed by atoms with E-state index < -0.39 is 11.8 Å². The fraction of sp³-hybridized carbons (Fsp3) is 0.364. The molecule has 1 atom stereocenters. The molecule has 6 heteroatoms. The third-order valence-corrected chi connectivity index (χ3v) is 4.56. The minimum absolute atomic E-state index is 0.0332. The highest BCUT2D eigenvalue weighted by Gasteiger charge is 2.19. The van der Waals surface area contributed by atoms with E-state index in [4.69, 9.17) is 0 Å². The molecule has 0 fully saturated rings. The molecule has 2 aromatic carbocycles. The molecular weight excluding hydrogens is 352 g/mol. The summed E-state index contributed by atoms with van der Waals surface area (Å²) in [6.45, 7) is 4.24. The summed E-state index contributed by atoms with van der Waals surface area (Å²) >= 11 is 0. The van der Waals surface area contributed by atoms with E-state index in [9.17, 15) is 9.59 Å². The number of nitrogens with one attached hydrogen (secondary N) is 2. The van der Waals surface area contributed by atoms with E-state index in [1.807, 2.05) is 94.3 Å². The van der Waals surface area contributed by atoms with E-state index in [1.54, 1.807) is 0 Å². The van der Waals surface area contributed by atoms with Gasteiger partial charge < -0.3 is 20.4 Å². The van der Waals surface area contributed by atoms with Crippen molar-refractivity contribution in [3.05, 3.63) is 59.2 Å². The van der Waals surface area contributed by atoms with Gasteiger partial charge in [0.05, 0.1) is 6.04 Å². The normalized spacial score (nSPS) is 11.8. The Labute approximate surface area is 167 Å². The fourth-order valence-electron chi connectivity index (χ4n) is 3.10. The number of carbonyl (C=O) groups excluding carboxylic acids is 2. The van der Waals surface area contributed by atoms with Gasteiger partial charge in [-0.15, -0.1) is 0 Å². The Bertz CT molecular complexity index is 809. The first-order valence-electron chi connectivity index (χ1n) is 9.28. The molecule has 0 saturated heterocycles. The molecule has 0 aromatic heterocycles. The second kappa shape index (κ2) is 9.37. The van der Waals surface area contributed by atoms with Gasteiger partial charge in [0.15, 0.2) is 0 Å². The van der Waals surface area contributed by atoms with Gasteiger partial charge in [0.25, 0.3) is 0 Å². The van der Waals surface area contributed by atoms with Crippen molar-refractivity contribution in [1.29, 1.82) is 0 Å². The van der Waals surface area contributed by atoms with Crippen LogP contribution in [-0.4, -0.2) is 51.4 Å². The van der Waals surface area contributed by atoms with E-state index in [0.717, 1.165) is 22.4 Å². The molecule has 0 aliphatic carbocycles. The minimum Gasteiger partial charge on any atom is -0.378 e. The number of hydrogen-bond acceptors (Lipinski definition) is 4. The molecule has 0 heterocycles. The molecule has 28 heavy (non-hydrogen) atoms. The minimum atomic E-state index is -0.662. The van der Waals surface area contributed by atoms with Crippen LogP contribution in [0.15, 0.2) is 42.5 Å². The van der Waals surface area contributed by atoms with Gasteiger partial charge in [-0.2, -0.15) is 0 Å². The summed E-state index contributed by atoms with van der Waals surface area (Å²) in [5.41, 5.74) is 4.87. The maximum absolute atomic E-state index is 12.3. The molecule has 2 rings (SSSR count). The van der Waals surface area contributed by atoms with Crippen molar-refractivity contribution in [2.75, 3.05) is 45.0 Å². The van der Waals surface area contributed by atoms with E-state index in [1.165, 1.54) is 0 Å². The molecule has 0 aliphatic rings. The number of likely N-dealkylation sites (N-methyl/N-ethyl adjacent to an activating group) is 1. The summed E-state index contributed by atoms with van der Waals surface area (Å²) in [5.74, 6) is -1.30. The molecular formula is C22H30N4O2. The number of carbonyl (C=O) groups is 2. The smallest absolute Gasteiger partial charge is 0.313 e. The molecule has 2 N–H and O–H groups in total. The molecule has 0 bridgehead atoms. The van der Waals surface area contributed by atoms with Crippen LogP contribution in [0.4, 0.5) is 11.4 Å². The zero-order chi connectivity index (χ0) is 20.8. The summed E-state index contributed by atoms with van der Waals surface area (Å²) in [5, 5.41) is 5.41. The van der Waals surface area contributed by atoms with Crippen LogP contribution in [0.1, 0.15) is 22.7 Å². The average Bonchev–Trinajstić information content (AvgIpc) is 2.60. The third-order valence-electron chi connectivity index (χ3n) is 4.56. The van der Waals surface area contributed by atoms with Crippen LogP contribution in [0.25, 0.3) is 0 Å². The number of aryl methyl sites for hydroxylation is 2. The summed E-state index contributed by atoms with van der Waals surface area (Å²) in [7, 11) is 7.89. The zero-order valence-electron chi connectivity index (χ0n) is 17.5. The third kappa shape index (κ3) is 5.82. The Balaban J connectivity index is 2.00. The van der Waals surface area contributed by atoms with Crippen molar-refractivity contribution in [2.24, 2.45) is 0 Å². The van der Waals surface area contributed by atoms with E-state index >= 15 is 0 Å². The lowest BCUT2D eigenvalue weighted by atomic mass is 10.1. The molecule has 0 radical (unpaired) electrons.